The van der Waals surface area contributed by atoms with Crippen molar-refractivity contribution in [1.29, 1.82) is 0 Å². The van der Waals surface area contributed by atoms with Gasteiger partial charge in [0, 0.05) is 19.6 Å². The van der Waals surface area contributed by atoms with E-state index in [-0.39, 0.29) is 18.6 Å². The lowest BCUT2D eigenvalue weighted by atomic mass is 10.2. The number of guanidine groups is 1. The van der Waals surface area contributed by atoms with Crippen LogP contribution in [0.2, 0.25) is 0 Å². The third-order valence-corrected chi connectivity index (χ3v) is 5.88. The Morgan fingerprint density at radius 2 is 2.00 bits per heavy atom. The Labute approximate surface area is 189 Å². The number of ether oxygens (including phenoxy) is 1. The van der Waals surface area contributed by atoms with Crippen LogP contribution in [0.3, 0.4) is 0 Å². The molecule has 2 aromatic rings. The van der Waals surface area contributed by atoms with Gasteiger partial charge in [0.05, 0.1) is 24.5 Å². The summed E-state index contributed by atoms with van der Waals surface area (Å²) in [5.41, 5.74) is 0.844. The van der Waals surface area contributed by atoms with Gasteiger partial charge in [0.1, 0.15) is 11.5 Å². The molecule has 2 aliphatic heterocycles. The molecule has 1 aromatic heterocycles. The SMILES string of the molecule is CCNC(=NCC(c1ccco1)N1CCCC1)NCCCN1C(=O)COc2ccccc21. The van der Waals surface area contributed by atoms with E-state index in [2.05, 4.69) is 22.5 Å². The zero-order valence-corrected chi connectivity index (χ0v) is 18.8. The van der Waals surface area contributed by atoms with Gasteiger partial charge in [-0.1, -0.05) is 12.1 Å². The largest absolute Gasteiger partial charge is 0.482 e. The number of furan rings is 1. The Morgan fingerprint density at radius 3 is 2.78 bits per heavy atom. The van der Waals surface area contributed by atoms with Gasteiger partial charge in [0.15, 0.2) is 12.6 Å². The normalized spacial score (nSPS) is 17.7. The molecule has 0 aliphatic carbocycles. The highest BCUT2D eigenvalue weighted by molar-refractivity contribution is 5.97. The molecule has 1 fully saturated rings. The summed E-state index contributed by atoms with van der Waals surface area (Å²) in [6.45, 7) is 7.10. The number of amides is 1. The van der Waals surface area contributed by atoms with E-state index < -0.39 is 0 Å². The number of carbonyl (C=O) groups is 1. The number of likely N-dealkylation sites (tertiary alicyclic amines) is 1. The maximum atomic E-state index is 12.3. The smallest absolute Gasteiger partial charge is 0.265 e. The maximum absolute atomic E-state index is 12.3. The lowest BCUT2D eigenvalue weighted by molar-refractivity contribution is -0.121. The highest BCUT2D eigenvalue weighted by atomic mass is 16.5. The number of aliphatic imine (C=N–C) groups is 1. The molecule has 2 aliphatic rings. The molecule has 1 amide bonds. The predicted molar refractivity (Wildman–Crippen MR) is 125 cm³/mol. The summed E-state index contributed by atoms with van der Waals surface area (Å²) in [6.07, 6.45) is 4.99. The maximum Gasteiger partial charge on any atom is 0.265 e. The van der Waals surface area contributed by atoms with Crippen molar-refractivity contribution in [3.8, 4) is 5.75 Å². The fourth-order valence-corrected chi connectivity index (χ4v) is 4.28. The first-order valence-corrected chi connectivity index (χ1v) is 11.6. The molecule has 1 unspecified atom stereocenters. The second-order valence-corrected chi connectivity index (χ2v) is 8.08. The minimum atomic E-state index is -0.00354. The second-order valence-electron chi connectivity index (χ2n) is 8.08. The summed E-state index contributed by atoms with van der Waals surface area (Å²) < 4.78 is 11.2. The summed E-state index contributed by atoms with van der Waals surface area (Å²) in [4.78, 5) is 21.4. The second kappa shape index (κ2) is 11.0. The Morgan fingerprint density at radius 1 is 1.16 bits per heavy atom. The topological polar surface area (TPSA) is 82.3 Å². The van der Waals surface area contributed by atoms with Crippen LogP contribution in [0, 0.1) is 0 Å². The van der Waals surface area contributed by atoms with E-state index in [9.17, 15) is 4.79 Å². The summed E-state index contributed by atoms with van der Waals surface area (Å²) in [7, 11) is 0. The number of nitrogens with zero attached hydrogens (tertiary/aromatic N) is 3. The number of hydrogen-bond donors (Lipinski definition) is 2. The van der Waals surface area contributed by atoms with Crippen molar-refractivity contribution < 1.29 is 13.9 Å². The number of para-hydroxylation sites is 2. The fourth-order valence-electron chi connectivity index (χ4n) is 4.28. The van der Waals surface area contributed by atoms with E-state index in [1.54, 1.807) is 6.26 Å². The molecule has 8 nitrogen and oxygen atoms in total. The molecule has 4 rings (SSSR count). The quantitative estimate of drug-likeness (QED) is 0.355. The number of benzene rings is 1. The van der Waals surface area contributed by atoms with Crippen LogP contribution in [-0.4, -0.2) is 62.6 Å². The third-order valence-electron chi connectivity index (χ3n) is 5.88. The first kappa shape index (κ1) is 22.2. The molecular weight excluding hydrogens is 406 g/mol. The first-order valence-electron chi connectivity index (χ1n) is 11.6. The van der Waals surface area contributed by atoms with E-state index in [1.165, 1.54) is 12.8 Å². The van der Waals surface area contributed by atoms with Crippen molar-refractivity contribution in [1.82, 2.24) is 15.5 Å². The first-order chi connectivity index (χ1) is 15.8. The zero-order valence-electron chi connectivity index (χ0n) is 18.8. The third kappa shape index (κ3) is 5.43. The lowest BCUT2D eigenvalue weighted by Gasteiger charge is -2.29. The molecule has 0 bridgehead atoms. The van der Waals surface area contributed by atoms with Crippen LogP contribution in [0.25, 0.3) is 0 Å². The number of fused-ring (bicyclic) bond motifs is 1. The average molecular weight is 440 g/mol. The molecule has 3 heterocycles. The van der Waals surface area contributed by atoms with Gasteiger partial charge in [0.25, 0.3) is 5.91 Å². The molecule has 2 N–H and O–H groups in total. The van der Waals surface area contributed by atoms with Crippen LogP contribution >= 0.6 is 0 Å². The number of nitrogens with one attached hydrogen (secondary N) is 2. The number of hydrogen-bond acceptors (Lipinski definition) is 5. The molecule has 8 heteroatoms. The van der Waals surface area contributed by atoms with Crippen LogP contribution < -0.4 is 20.3 Å². The molecule has 172 valence electrons. The van der Waals surface area contributed by atoms with Gasteiger partial charge < -0.3 is 24.7 Å². The monoisotopic (exact) mass is 439 g/mol. The van der Waals surface area contributed by atoms with E-state index in [0.29, 0.717) is 19.6 Å². The Bertz CT molecular complexity index is 893. The molecule has 0 saturated carbocycles. The van der Waals surface area contributed by atoms with E-state index in [1.807, 2.05) is 41.3 Å². The average Bonchev–Trinajstić information content (AvgIpc) is 3.53. The molecule has 1 atom stereocenters. The molecule has 1 aromatic carbocycles. The van der Waals surface area contributed by atoms with E-state index in [4.69, 9.17) is 14.1 Å². The van der Waals surface area contributed by atoms with Crippen molar-refractivity contribution in [2.24, 2.45) is 4.99 Å². The van der Waals surface area contributed by atoms with Crippen molar-refractivity contribution in [2.45, 2.75) is 32.2 Å². The van der Waals surface area contributed by atoms with Gasteiger partial charge in [-0.2, -0.15) is 0 Å². The molecule has 0 radical (unpaired) electrons. The Balaban J connectivity index is 1.32. The van der Waals surface area contributed by atoms with E-state index >= 15 is 0 Å². The van der Waals surface area contributed by atoms with Crippen molar-refractivity contribution in [3.05, 3.63) is 48.4 Å². The number of anilines is 1. The minimum absolute atomic E-state index is 0.00354. The van der Waals surface area contributed by atoms with Gasteiger partial charge in [-0.15, -0.1) is 0 Å². The van der Waals surface area contributed by atoms with Crippen LogP contribution in [0.1, 0.15) is 38.0 Å². The number of rotatable bonds is 9. The van der Waals surface area contributed by atoms with Gasteiger partial charge in [0.2, 0.25) is 0 Å². The summed E-state index contributed by atoms with van der Waals surface area (Å²) in [5.74, 6) is 2.52. The predicted octanol–water partition coefficient (Wildman–Crippen LogP) is 2.79. The van der Waals surface area contributed by atoms with Crippen LogP contribution in [0.15, 0.2) is 52.1 Å². The van der Waals surface area contributed by atoms with Gasteiger partial charge >= 0.3 is 0 Å². The van der Waals surface area contributed by atoms with E-state index in [0.717, 1.165) is 49.2 Å². The number of carbonyl (C=O) groups excluding carboxylic acids is 1. The Hall–Kier alpha value is -3.00. The summed E-state index contributed by atoms with van der Waals surface area (Å²) in [6, 6.07) is 11.8. The van der Waals surface area contributed by atoms with Crippen LogP contribution in [0.4, 0.5) is 5.69 Å². The fraction of sp³-hybridized carbons (Fsp3) is 0.500. The van der Waals surface area contributed by atoms with Gasteiger partial charge in [-0.05, 0) is 63.5 Å². The van der Waals surface area contributed by atoms with Gasteiger partial charge in [-0.3, -0.25) is 14.7 Å². The van der Waals surface area contributed by atoms with Gasteiger partial charge in [-0.25, -0.2) is 0 Å². The zero-order chi connectivity index (χ0) is 22.2. The highest BCUT2D eigenvalue weighted by Crippen LogP contribution is 2.31. The summed E-state index contributed by atoms with van der Waals surface area (Å²) >= 11 is 0. The molecular formula is C24H33N5O3. The lowest BCUT2D eigenvalue weighted by Crippen LogP contribution is -2.42. The Kier molecular flexibility index (Phi) is 7.66. The molecule has 0 spiro atoms. The van der Waals surface area contributed by atoms with Crippen molar-refractivity contribution >= 4 is 17.6 Å². The standard InChI is InChI=1S/C24H33N5O3/c1-2-25-24(27-17-20(22-11-7-16-31-22)28-13-5-6-14-28)26-12-8-15-29-19-9-3-4-10-21(19)32-18-23(29)30/h3-4,7,9-11,16,20H,2,5-6,8,12-15,17-18H2,1H3,(H2,25,26,27). The minimum Gasteiger partial charge on any atom is -0.482 e. The van der Waals surface area contributed by atoms with Crippen molar-refractivity contribution in [2.75, 3.05) is 50.8 Å². The highest BCUT2D eigenvalue weighted by Gasteiger charge is 2.26. The van der Waals surface area contributed by atoms with Crippen LogP contribution in [0.5, 0.6) is 5.75 Å². The van der Waals surface area contributed by atoms with Crippen molar-refractivity contribution in [3.63, 3.8) is 0 Å². The summed E-state index contributed by atoms with van der Waals surface area (Å²) in [5, 5.41) is 6.74. The molecule has 1 saturated heterocycles. The van der Waals surface area contributed by atoms with Crippen LogP contribution in [-0.2, 0) is 4.79 Å². The molecule has 32 heavy (non-hydrogen) atoms.